The van der Waals surface area contributed by atoms with E-state index < -0.39 is 0 Å². The summed E-state index contributed by atoms with van der Waals surface area (Å²) in [5.74, 6) is 2.06. The highest BCUT2D eigenvalue weighted by Gasteiger charge is 2.13. The molecule has 19 heavy (non-hydrogen) atoms. The van der Waals surface area contributed by atoms with Gasteiger partial charge in [0.15, 0.2) is 0 Å². The fraction of sp³-hybridized carbons (Fsp3) is 0.133. The van der Waals surface area contributed by atoms with Crippen LogP contribution in [0.25, 0.3) is 10.4 Å². The molecule has 0 radical (unpaired) electrons. The van der Waals surface area contributed by atoms with E-state index in [9.17, 15) is 9.18 Å². The van der Waals surface area contributed by atoms with Crippen LogP contribution < -0.4 is 0 Å². The Kier molecular flexibility index (Phi) is 3.98. The molecule has 2 rings (SSSR count). The van der Waals surface area contributed by atoms with Gasteiger partial charge in [-0.25, -0.2) is 4.39 Å². The maximum absolute atomic E-state index is 12.9. The summed E-state index contributed by atoms with van der Waals surface area (Å²) < 4.78 is 12.9. The normalized spacial score (nSPS) is 9.95. The molecule has 4 heteroatoms. The fourth-order valence-electron chi connectivity index (χ4n) is 1.62. The van der Waals surface area contributed by atoms with E-state index in [1.807, 2.05) is 6.07 Å². The smallest absolute Gasteiger partial charge is 0.264 e. The van der Waals surface area contributed by atoms with Gasteiger partial charge in [-0.3, -0.25) is 4.79 Å². The maximum atomic E-state index is 12.9. The Morgan fingerprint density at radius 2 is 2.00 bits per heavy atom. The number of hydrogen-bond acceptors (Lipinski definition) is 2. The van der Waals surface area contributed by atoms with Gasteiger partial charge in [0.25, 0.3) is 5.91 Å². The molecule has 2 nitrogen and oxygen atoms in total. The molecule has 0 saturated heterocycles. The van der Waals surface area contributed by atoms with Gasteiger partial charge in [0.1, 0.15) is 5.82 Å². The predicted octanol–water partition coefficient (Wildman–Crippen LogP) is 3.26. The zero-order valence-corrected chi connectivity index (χ0v) is 11.2. The lowest BCUT2D eigenvalue weighted by molar-refractivity contribution is 0.0817. The van der Waals surface area contributed by atoms with Crippen LogP contribution in [0.4, 0.5) is 4.39 Å². The quantitative estimate of drug-likeness (QED) is 0.786. The first-order chi connectivity index (χ1) is 9.11. The number of terminal acetylenes is 1. The minimum Gasteiger partial charge on any atom is -0.330 e. The summed E-state index contributed by atoms with van der Waals surface area (Å²) in [6, 6.07) is 9.82. The third-order valence-corrected chi connectivity index (χ3v) is 3.74. The molecule has 0 spiro atoms. The Morgan fingerprint density at radius 1 is 1.32 bits per heavy atom. The molecule has 0 aliphatic rings. The summed E-state index contributed by atoms with van der Waals surface area (Å²) in [5, 5.41) is 0. The highest BCUT2D eigenvalue weighted by Crippen LogP contribution is 2.28. The number of benzene rings is 1. The van der Waals surface area contributed by atoms with Crippen LogP contribution in [0.1, 0.15) is 9.67 Å². The molecule has 0 fully saturated rings. The van der Waals surface area contributed by atoms with Crippen LogP contribution in [0.5, 0.6) is 0 Å². The number of carbonyl (C=O) groups excluding carboxylic acids is 1. The van der Waals surface area contributed by atoms with Crippen LogP contribution >= 0.6 is 11.3 Å². The Labute approximate surface area is 115 Å². The Hall–Kier alpha value is -2.12. The molecule has 1 aromatic carbocycles. The van der Waals surface area contributed by atoms with E-state index >= 15 is 0 Å². The summed E-state index contributed by atoms with van der Waals surface area (Å²) in [5.41, 5.74) is 0.894. The fourth-order valence-corrected chi connectivity index (χ4v) is 2.63. The van der Waals surface area contributed by atoms with Gasteiger partial charge in [-0.15, -0.1) is 17.8 Å². The van der Waals surface area contributed by atoms with Gasteiger partial charge in [0, 0.05) is 11.9 Å². The predicted molar refractivity (Wildman–Crippen MR) is 75.5 cm³/mol. The minimum absolute atomic E-state index is 0.101. The standard InChI is InChI=1S/C15H12FNOS/c1-3-10-17(2)15(18)14-9-8-13(19-14)11-4-6-12(16)7-5-11/h1,4-9H,10H2,2H3. The topological polar surface area (TPSA) is 20.3 Å². The number of thiophene rings is 1. The van der Waals surface area contributed by atoms with E-state index in [-0.39, 0.29) is 18.3 Å². The molecule has 0 unspecified atom stereocenters. The Balaban J connectivity index is 2.22. The third-order valence-electron chi connectivity index (χ3n) is 2.62. The van der Waals surface area contributed by atoms with Crippen molar-refractivity contribution in [3.05, 3.63) is 47.1 Å². The van der Waals surface area contributed by atoms with E-state index in [1.54, 1.807) is 25.2 Å². The van der Waals surface area contributed by atoms with Gasteiger partial charge in [0.05, 0.1) is 11.4 Å². The van der Waals surface area contributed by atoms with Crippen molar-refractivity contribution in [2.45, 2.75) is 0 Å². The van der Waals surface area contributed by atoms with E-state index in [1.165, 1.54) is 28.4 Å². The lowest BCUT2D eigenvalue weighted by atomic mass is 10.2. The van der Waals surface area contributed by atoms with E-state index in [4.69, 9.17) is 6.42 Å². The average molecular weight is 273 g/mol. The summed E-state index contributed by atoms with van der Waals surface area (Å²) in [6.07, 6.45) is 5.18. The first-order valence-corrected chi connectivity index (χ1v) is 6.48. The Morgan fingerprint density at radius 3 is 2.63 bits per heavy atom. The molecule has 1 heterocycles. The average Bonchev–Trinajstić information content (AvgIpc) is 2.88. The second-order valence-corrected chi connectivity index (χ2v) is 5.12. The largest absolute Gasteiger partial charge is 0.330 e. The zero-order chi connectivity index (χ0) is 13.8. The summed E-state index contributed by atoms with van der Waals surface area (Å²) in [4.78, 5) is 15.1. The molecule has 0 saturated carbocycles. The number of nitrogens with zero attached hydrogens (tertiary/aromatic N) is 1. The number of rotatable bonds is 3. The lowest BCUT2D eigenvalue weighted by Crippen LogP contribution is -2.26. The molecule has 2 aromatic rings. The zero-order valence-electron chi connectivity index (χ0n) is 10.4. The van der Waals surface area contributed by atoms with Crippen molar-refractivity contribution >= 4 is 17.2 Å². The lowest BCUT2D eigenvalue weighted by Gasteiger charge is -2.11. The van der Waals surface area contributed by atoms with Crippen molar-refractivity contribution in [2.24, 2.45) is 0 Å². The number of carbonyl (C=O) groups is 1. The monoisotopic (exact) mass is 273 g/mol. The summed E-state index contributed by atoms with van der Waals surface area (Å²) >= 11 is 1.37. The highest BCUT2D eigenvalue weighted by atomic mass is 32.1. The van der Waals surface area contributed by atoms with Gasteiger partial charge >= 0.3 is 0 Å². The minimum atomic E-state index is -0.273. The van der Waals surface area contributed by atoms with Crippen LogP contribution in [0.2, 0.25) is 0 Å². The first kappa shape index (κ1) is 13.3. The molecule has 96 valence electrons. The van der Waals surface area contributed by atoms with Crippen LogP contribution in [0, 0.1) is 18.2 Å². The van der Waals surface area contributed by atoms with E-state index in [0.29, 0.717) is 4.88 Å². The molecule has 0 atom stereocenters. The molecule has 1 aromatic heterocycles. The molecular weight excluding hydrogens is 261 g/mol. The SMILES string of the molecule is C#CCN(C)C(=O)c1ccc(-c2ccc(F)cc2)s1. The van der Waals surface area contributed by atoms with Gasteiger partial charge < -0.3 is 4.90 Å². The van der Waals surface area contributed by atoms with Crippen LogP contribution in [0.15, 0.2) is 36.4 Å². The highest BCUT2D eigenvalue weighted by molar-refractivity contribution is 7.17. The third kappa shape index (κ3) is 3.01. The Bertz CT molecular complexity index is 624. The molecule has 0 bridgehead atoms. The van der Waals surface area contributed by atoms with E-state index in [0.717, 1.165) is 10.4 Å². The summed E-state index contributed by atoms with van der Waals surface area (Å²) in [7, 11) is 1.67. The number of hydrogen-bond donors (Lipinski definition) is 0. The second kappa shape index (κ2) is 5.68. The van der Waals surface area contributed by atoms with Crippen LogP contribution in [0.3, 0.4) is 0 Å². The van der Waals surface area contributed by atoms with Gasteiger partial charge in [-0.1, -0.05) is 18.1 Å². The van der Waals surface area contributed by atoms with Crippen molar-refractivity contribution in [3.63, 3.8) is 0 Å². The summed E-state index contributed by atoms with van der Waals surface area (Å²) in [6.45, 7) is 0.280. The van der Waals surface area contributed by atoms with E-state index in [2.05, 4.69) is 5.92 Å². The van der Waals surface area contributed by atoms with Gasteiger partial charge in [-0.2, -0.15) is 0 Å². The van der Waals surface area contributed by atoms with Crippen LogP contribution in [-0.4, -0.2) is 24.4 Å². The first-order valence-electron chi connectivity index (χ1n) is 5.66. The van der Waals surface area contributed by atoms with Gasteiger partial charge in [-0.05, 0) is 29.8 Å². The van der Waals surface area contributed by atoms with Crippen LogP contribution in [-0.2, 0) is 0 Å². The number of amides is 1. The van der Waals surface area contributed by atoms with Crippen molar-refractivity contribution in [1.29, 1.82) is 0 Å². The van der Waals surface area contributed by atoms with Crippen molar-refractivity contribution < 1.29 is 9.18 Å². The number of halogens is 1. The molecule has 0 aliphatic carbocycles. The van der Waals surface area contributed by atoms with Crippen molar-refractivity contribution in [1.82, 2.24) is 4.90 Å². The molecule has 0 aliphatic heterocycles. The molecule has 1 amide bonds. The van der Waals surface area contributed by atoms with Gasteiger partial charge in [0.2, 0.25) is 0 Å². The van der Waals surface area contributed by atoms with Crippen molar-refractivity contribution in [3.8, 4) is 22.8 Å². The molecule has 0 N–H and O–H groups in total. The van der Waals surface area contributed by atoms with Crippen molar-refractivity contribution in [2.75, 3.05) is 13.6 Å². The maximum Gasteiger partial charge on any atom is 0.264 e. The second-order valence-electron chi connectivity index (χ2n) is 4.04. The molecular formula is C15H12FNOS.